The van der Waals surface area contributed by atoms with Crippen LogP contribution in [0.4, 0.5) is 0 Å². The second kappa shape index (κ2) is 23.7. The maximum atomic E-state index is 11.1. The van der Waals surface area contributed by atoms with Gasteiger partial charge in [-0.3, -0.25) is 4.79 Å². The maximum Gasteiger partial charge on any atom is 0.330 e. The van der Waals surface area contributed by atoms with Gasteiger partial charge in [-0.1, -0.05) is 6.58 Å². The highest BCUT2D eigenvalue weighted by Gasteiger charge is 2.00. The van der Waals surface area contributed by atoms with Crippen molar-refractivity contribution in [2.24, 2.45) is 0 Å². The van der Waals surface area contributed by atoms with E-state index in [9.17, 15) is 9.59 Å². The van der Waals surface area contributed by atoms with E-state index in [1.807, 2.05) is 0 Å². The summed E-state index contributed by atoms with van der Waals surface area (Å²) >= 11 is 0. The van der Waals surface area contributed by atoms with E-state index in [4.69, 9.17) is 37.9 Å². The summed E-state index contributed by atoms with van der Waals surface area (Å²) in [6, 6.07) is 0. The van der Waals surface area contributed by atoms with Crippen LogP contribution >= 0.6 is 0 Å². The molecule has 0 amide bonds. The van der Waals surface area contributed by atoms with Gasteiger partial charge in [-0.05, 0) is 6.92 Å². The first-order valence-electron chi connectivity index (χ1n) is 10.1. The van der Waals surface area contributed by atoms with Gasteiger partial charge in [0.1, 0.15) is 6.61 Å². The largest absolute Gasteiger partial charge is 0.466 e. The molecule has 0 radical (unpaired) electrons. The summed E-state index contributed by atoms with van der Waals surface area (Å²) in [6.07, 6.45) is 1.36. The molecule has 0 heterocycles. The Balaban J connectivity index is 3.07. The van der Waals surface area contributed by atoms with Crippen LogP contribution in [-0.2, 0) is 47.5 Å². The van der Waals surface area contributed by atoms with Crippen LogP contribution in [-0.4, -0.2) is 104 Å². The van der Waals surface area contributed by atoms with Crippen LogP contribution in [0.25, 0.3) is 0 Å². The summed E-state index contributed by atoms with van der Waals surface area (Å²) in [6.45, 7) is 10.9. The molecule has 0 spiro atoms. The summed E-state index contributed by atoms with van der Waals surface area (Å²) in [7, 11) is 0. The molecule has 0 aliphatic heterocycles. The third kappa shape index (κ3) is 22.7. The lowest BCUT2D eigenvalue weighted by Crippen LogP contribution is -2.15. The van der Waals surface area contributed by atoms with Gasteiger partial charge in [-0.2, -0.15) is 0 Å². The highest BCUT2D eigenvalue weighted by Crippen LogP contribution is 1.89. The Kier molecular flexibility index (Phi) is 22.5. The molecule has 0 aromatic rings. The lowest BCUT2D eigenvalue weighted by atomic mass is 10.5. The third-order valence-electron chi connectivity index (χ3n) is 3.25. The molecular formula is C20H36O10. The smallest absolute Gasteiger partial charge is 0.330 e. The summed E-state index contributed by atoms with van der Waals surface area (Å²) in [5.74, 6) is -0.715. The molecule has 0 atom stereocenters. The predicted molar refractivity (Wildman–Crippen MR) is 107 cm³/mol. The minimum Gasteiger partial charge on any atom is -0.466 e. The molecule has 30 heavy (non-hydrogen) atoms. The first-order chi connectivity index (χ1) is 14.7. The Hall–Kier alpha value is -1.56. The van der Waals surface area contributed by atoms with Gasteiger partial charge in [-0.15, -0.1) is 0 Å². The lowest BCUT2D eigenvalue weighted by molar-refractivity contribution is -0.144. The standard InChI is InChI=1S/C20H36O10/c1-3-19(21)30-18-17-28-16-15-27-14-13-26-12-11-25-10-9-24-8-7-23-6-5-20(22)29-4-2/h3H,1,4-18H2,2H3. The van der Waals surface area contributed by atoms with Crippen LogP contribution in [0.1, 0.15) is 13.3 Å². The van der Waals surface area contributed by atoms with E-state index in [1.165, 1.54) is 0 Å². The molecule has 0 aromatic carbocycles. The Bertz CT molecular complexity index is 416. The molecular weight excluding hydrogens is 400 g/mol. The number of carbonyl (C=O) groups excluding carboxylic acids is 2. The minimum atomic E-state index is -0.461. The van der Waals surface area contributed by atoms with E-state index >= 15 is 0 Å². The molecule has 0 saturated heterocycles. The van der Waals surface area contributed by atoms with Crippen molar-refractivity contribution in [1.82, 2.24) is 0 Å². The van der Waals surface area contributed by atoms with E-state index < -0.39 is 5.97 Å². The van der Waals surface area contributed by atoms with E-state index in [2.05, 4.69) is 6.58 Å². The fourth-order valence-corrected chi connectivity index (χ4v) is 1.85. The van der Waals surface area contributed by atoms with Crippen LogP contribution in [0.15, 0.2) is 12.7 Å². The second-order valence-electron chi connectivity index (χ2n) is 5.60. The number of hydrogen-bond acceptors (Lipinski definition) is 10. The quantitative estimate of drug-likeness (QED) is 0.129. The van der Waals surface area contributed by atoms with Crippen molar-refractivity contribution < 1.29 is 47.5 Å². The van der Waals surface area contributed by atoms with Crippen LogP contribution < -0.4 is 0 Å². The zero-order chi connectivity index (χ0) is 22.1. The molecule has 10 nitrogen and oxygen atoms in total. The van der Waals surface area contributed by atoms with Gasteiger partial charge >= 0.3 is 11.9 Å². The summed E-state index contributed by atoms with van der Waals surface area (Å²) in [5, 5.41) is 0. The molecule has 0 bridgehead atoms. The van der Waals surface area contributed by atoms with Crippen LogP contribution in [0.5, 0.6) is 0 Å². The minimum absolute atomic E-state index is 0.198. The first-order valence-corrected chi connectivity index (χ1v) is 10.1. The van der Waals surface area contributed by atoms with E-state index in [0.29, 0.717) is 85.9 Å². The molecule has 0 fully saturated rings. The SMILES string of the molecule is C=CC(=O)OCCOCCOCCOCCOCCOCCOCCC(=O)OCC. The first kappa shape index (κ1) is 28.4. The summed E-state index contributed by atoms with van der Waals surface area (Å²) in [4.78, 5) is 21.8. The molecule has 0 unspecified atom stereocenters. The second-order valence-corrected chi connectivity index (χ2v) is 5.60. The molecule has 0 aromatic heterocycles. The molecule has 0 aliphatic carbocycles. The van der Waals surface area contributed by atoms with Gasteiger partial charge in [0.15, 0.2) is 0 Å². The van der Waals surface area contributed by atoms with Crippen molar-refractivity contribution in [2.45, 2.75) is 13.3 Å². The highest BCUT2D eigenvalue weighted by molar-refractivity contribution is 5.81. The van der Waals surface area contributed by atoms with Gasteiger partial charge in [0.25, 0.3) is 0 Å². The third-order valence-corrected chi connectivity index (χ3v) is 3.25. The highest BCUT2D eigenvalue weighted by atomic mass is 16.6. The van der Waals surface area contributed by atoms with Crippen molar-refractivity contribution in [3.8, 4) is 0 Å². The Morgan fingerprint density at radius 3 is 1.33 bits per heavy atom. The lowest BCUT2D eigenvalue weighted by Gasteiger charge is -2.08. The molecule has 0 saturated carbocycles. The van der Waals surface area contributed by atoms with E-state index in [-0.39, 0.29) is 19.0 Å². The van der Waals surface area contributed by atoms with Crippen LogP contribution in [0.3, 0.4) is 0 Å². The topological polar surface area (TPSA) is 108 Å². The molecule has 10 heteroatoms. The fourth-order valence-electron chi connectivity index (χ4n) is 1.85. The van der Waals surface area contributed by atoms with Gasteiger partial charge < -0.3 is 37.9 Å². The molecule has 0 aliphatic rings. The molecule has 0 N–H and O–H groups in total. The molecule has 0 rings (SSSR count). The Morgan fingerprint density at radius 1 is 0.600 bits per heavy atom. The van der Waals surface area contributed by atoms with Crippen molar-refractivity contribution in [3.63, 3.8) is 0 Å². The Labute approximate surface area is 178 Å². The maximum absolute atomic E-state index is 11.1. The van der Waals surface area contributed by atoms with Crippen LogP contribution in [0.2, 0.25) is 0 Å². The van der Waals surface area contributed by atoms with Crippen molar-refractivity contribution >= 4 is 11.9 Å². The van der Waals surface area contributed by atoms with Gasteiger partial charge in [-0.25, -0.2) is 4.79 Å². The molecule has 176 valence electrons. The number of esters is 2. The number of ether oxygens (including phenoxy) is 8. The normalized spacial score (nSPS) is 10.7. The Morgan fingerprint density at radius 2 is 0.967 bits per heavy atom. The number of rotatable bonds is 23. The monoisotopic (exact) mass is 436 g/mol. The van der Waals surface area contributed by atoms with E-state index in [0.717, 1.165) is 6.08 Å². The average molecular weight is 436 g/mol. The van der Waals surface area contributed by atoms with Crippen molar-refractivity contribution in [3.05, 3.63) is 12.7 Å². The zero-order valence-corrected chi connectivity index (χ0v) is 18.0. The number of carbonyl (C=O) groups is 2. The van der Waals surface area contributed by atoms with Gasteiger partial charge in [0.05, 0.1) is 92.3 Å². The summed E-state index contributed by atoms with van der Waals surface area (Å²) in [5.41, 5.74) is 0. The van der Waals surface area contributed by atoms with Crippen molar-refractivity contribution in [2.75, 3.05) is 92.5 Å². The zero-order valence-electron chi connectivity index (χ0n) is 18.0. The average Bonchev–Trinajstić information content (AvgIpc) is 2.74. The predicted octanol–water partition coefficient (Wildman–Crippen LogP) is 0.768. The van der Waals surface area contributed by atoms with E-state index in [1.54, 1.807) is 6.92 Å². The van der Waals surface area contributed by atoms with Gasteiger partial charge in [0.2, 0.25) is 0 Å². The van der Waals surface area contributed by atoms with Crippen molar-refractivity contribution in [1.29, 1.82) is 0 Å². The van der Waals surface area contributed by atoms with Gasteiger partial charge in [0, 0.05) is 6.08 Å². The fraction of sp³-hybridized carbons (Fsp3) is 0.800. The van der Waals surface area contributed by atoms with Crippen LogP contribution in [0, 0.1) is 0 Å². The number of hydrogen-bond donors (Lipinski definition) is 0. The summed E-state index contributed by atoms with van der Waals surface area (Å²) < 4.78 is 41.5.